The maximum absolute atomic E-state index is 10.2. The number of unbranched alkanes of at least 4 members (excludes halogenated alkanes) is 2. The molecule has 0 fully saturated rings. The first kappa shape index (κ1) is 13.4. The van der Waals surface area contributed by atoms with Crippen molar-refractivity contribution in [1.82, 2.24) is 5.32 Å². The lowest BCUT2D eigenvalue weighted by Gasteiger charge is -2.05. The normalized spacial score (nSPS) is 9.94. The Morgan fingerprint density at radius 1 is 1.29 bits per heavy atom. The standard InChI is InChI=1S/C13H20N2O2/c1-14-12-8-5-7-11(10-12)6-3-2-4-9-15-13(16)17/h5,7-8,10,14-15H,2-4,6,9H2,1H3,(H,16,17). The summed E-state index contributed by atoms with van der Waals surface area (Å²) in [5.74, 6) is 0. The first-order valence-corrected chi connectivity index (χ1v) is 5.96. The first-order chi connectivity index (χ1) is 8.22. The Morgan fingerprint density at radius 3 is 2.82 bits per heavy atom. The molecule has 0 aromatic heterocycles. The summed E-state index contributed by atoms with van der Waals surface area (Å²) in [4.78, 5) is 10.2. The number of carbonyl (C=O) groups is 1. The van der Waals surface area contributed by atoms with E-state index in [0.29, 0.717) is 6.54 Å². The van der Waals surface area contributed by atoms with Crippen LogP contribution < -0.4 is 10.6 Å². The summed E-state index contributed by atoms with van der Waals surface area (Å²) in [6.45, 7) is 0.548. The maximum Gasteiger partial charge on any atom is 0.404 e. The van der Waals surface area contributed by atoms with Crippen molar-refractivity contribution in [3.8, 4) is 0 Å². The summed E-state index contributed by atoms with van der Waals surface area (Å²) in [6.07, 6.45) is 3.14. The zero-order chi connectivity index (χ0) is 12.5. The molecule has 0 aliphatic rings. The fourth-order valence-corrected chi connectivity index (χ4v) is 1.71. The van der Waals surface area contributed by atoms with Gasteiger partial charge in [0.15, 0.2) is 0 Å². The van der Waals surface area contributed by atoms with Crippen LogP contribution in [0.25, 0.3) is 0 Å². The van der Waals surface area contributed by atoms with Crippen LogP contribution in [0.2, 0.25) is 0 Å². The van der Waals surface area contributed by atoms with Gasteiger partial charge in [-0.15, -0.1) is 0 Å². The highest BCUT2D eigenvalue weighted by Crippen LogP contribution is 2.12. The molecule has 0 aliphatic heterocycles. The van der Waals surface area contributed by atoms with Crippen LogP contribution >= 0.6 is 0 Å². The van der Waals surface area contributed by atoms with Crippen LogP contribution in [0, 0.1) is 0 Å². The zero-order valence-corrected chi connectivity index (χ0v) is 10.2. The van der Waals surface area contributed by atoms with Crippen LogP contribution in [0.3, 0.4) is 0 Å². The lowest BCUT2D eigenvalue weighted by Crippen LogP contribution is -2.21. The topological polar surface area (TPSA) is 61.4 Å². The van der Waals surface area contributed by atoms with Gasteiger partial charge in [-0.2, -0.15) is 0 Å². The molecule has 0 radical (unpaired) electrons. The summed E-state index contributed by atoms with van der Waals surface area (Å²) in [5, 5.41) is 13.9. The monoisotopic (exact) mass is 236 g/mol. The van der Waals surface area contributed by atoms with Gasteiger partial charge < -0.3 is 15.7 Å². The van der Waals surface area contributed by atoms with E-state index >= 15 is 0 Å². The molecule has 17 heavy (non-hydrogen) atoms. The number of hydrogen-bond donors (Lipinski definition) is 3. The van der Waals surface area contributed by atoms with Crippen molar-refractivity contribution >= 4 is 11.8 Å². The molecule has 1 aromatic rings. The third-order valence-electron chi connectivity index (χ3n) is 2.63. The highest BCUT2D eigenvalue weighted by molar-refractivity contribution is 5.64. The third-order valence-corrected chi connectivity index (χ3v) is 2.63. The lowest BCUT2D eigenvalue weighted by atomic mass is 10.1. The van der Waals surface area contributed by atoms with E-state index in [2.05, 4.69) is 22.8 Å². The van der Waals surface area contributed by atoms with Gasteiger partial charge in [-0.05, 0) is 37.0 Å². The summed E-state index contributed by atoms with van der Waals surface area (Å²) in [6, 6.07) is 8.36. The number of rotatable bonds is 7. The first-order valence-electron chi connectivity index (χ1n) is 5.96. The Labute approximate surface area is 102 Å². The van der Waals surface area contributed by atoms with Crippen molar-refractivity contribution in [2.75, 3.05) is 18.9 Å². The second kappa shape index (κ2) is 7.54. The lowest BCUT2D eigenvalue weighted by molar-refractivity contribution is 0.194. The van der Waals surface area contributed by atoms with E-state index in [4.69, 9.17) is 5.11 Å². The van der Waals surface area contributed by atoms with Crippen molar-refractivity contribution in [1.29, 1.82) is 0 Å². The quantitative estimate of drug-likeness (QED) is 0.638. The minimum Gasteiger partial charge on any atom is -0.465 e. The number of hydrogen-bond acceptors (Lipinski definition) is 2. The van der Waals surface area contributed by atoms with E-state index in [1.807, 2.05) is 19.2 Å². The van der Waals surface area contributed by atoms with Crippen molar-refractivity contribution in [2.24, 2.45) is 0 Å². The Hall–Kier alpha value is -1.71. The zero-order valence-electron chi connectivity index (χ0n) is 10.2. The number of amides is 1. The molecule has 1 rings (SSSR count). The highest BCUT2D eigenvalue weighted by atomic mass is 16.4. The maximum atomic E-state index is 10.2. The molecule has 3 N–H and O–H groups in total. The van der Waals surface area contributed by atoms with Crippen LogP contribution in [0.4, 0.5) is 10.5 Å². The number of nitrogens with one attached hydrogen (secondary N) is 2. The third kappa shape index (κ3) is 5.80. The fraction of sp³-hybridized carbons (Fsp3) is 0.462. The molecule has 1 aromatic carbocycles. The van der Waals surface area contributed by atoms with Crippen LogP contribution in [-0.4, -0.2) is 24.8 Å². The van der Waals surface area contributed by atoms with E-state index in [0.717, 1.165) is 31.4 Å². The Bertz CT molecular complexity index is 353. The summed E-state index contributed by atoms with van der Waals surface area (Å²) in [7, 11) is 1.91. The molecule has 94 valence electrons. The molecule has 0 bridgehead atoms. The predicted molar refractivity (Wildman–Crippen MR) is 69.6 cm³/mol. The molecular formula is C13H20N2O2. The van der Waals surface area contributed by atoms with Gasteiger partial charge in [0, 0.05) is 19.3 Å². The summed E-state index contributed by atoms with van der Waals surface area (Å²) in [5.41, 5.74) is 2.46. The van der Waals surface area contributed by atoms with Gasteiger partial charge in [0.2, 0.25) is 0 Å². The summed E-state index contributed by atoms with van der Waals surface area (Å²) < 4.78 is 0. The van der Waals surface area contributed by atoms with Crippen molar-refractivity contribution < 1.29 is 9.90 Å². The molecule has 0 spiro atoms. The fourth-order valence-electron chi connectivity index (χ4n) is 1.71. The van der Waals surface area contributed by atoms with Gasteiger partial charge in [0.25, 0.3) is 0 Å². The van der Waals surface area contributed by atoms with Crippen molar-refractivity contribution in [3.05, 3.63) is 29.8 Å². The SMILES string of the molecule is CNc1cccc(CCCCCNC(=O)O)c1. The Balaban J connectivity index is 2.15. The molecule has 0 unspecified atom stereocenters. The number of anilines is 1. The second-order valence-electron chi connectivity index (χ2n) is 3.99. The molecule has 0 atom stereocenters. The van der Waals surface area contributed by atoms with Gasteiger partial charge in [-0.3, -0.25) is 0 Å². The van der Waals surface area contributed by atoms with Crippen LogP contribution in [0.1, 0.15) is 24.8 Å². The van der Waals surface area contributed by atoms with Crippen molar-refractivity contribution in [2.45, 2.75) is 25.7 Å². The number of benzene rings is 1. The largest absolute Gasteiger partial charge is 0.465 e. The van der Waals surface area contributed by atoms with E-state index in [1.165, 1.54) is 5.56 Å². The molecule has 1 amide bonds. The smallest absolute Gasteiger partial charge is 0.404 e. The van der Waals surface area contributed by atoms with E-state index in [1.54, 1.807) is 0 Å². The Morgan fingerprint density at radius 2 is 2.12 bits per heavy atom. The predicted octanol–water partition coefficient (Wildman–Crippen LogP) is 2.71. The average molecular weight is 236 g/mol. The summed E-state index contributed by atoms with van der Waals surface area (Å²) >= 11 is 0. The number of aryl methyl sites for hydroxylation is 1. The molecule has 0 saturated carbocycles. The van der Waals surface area contributed by atoms with Crippen LogP contribution in [0.15, 0.2) is 24.3 Å². The molecule has 0 aliphatic carbocycles. The van der Waals surface area contributed by atoms with Gasteiger partial charge in [-0.1, -0.05) is 18.6 Å². The van der Waals surface area contributed by atoms with E-state index < -0.39 is 6.09 Å². The molecule has 0 heterocycles. The average Bonchev–Trinajstić information content (AvgIpc) is 2.33. The minimum atomic E-state index is -0.938. The molecule has 0 saturated heterocycles. The second-order valence-corrected chi connectivity index (χ2v) is 3.99. The van der Waals surface area contributed by atoms with Crippen molar-refractivity contribution in [3.63, 3.8) is 0 Å². The molecule has 4 heteroatoms. The number of carboxylic acid groups (broad SMARTS) is 1. The molecule has 4 nitrogen and oxygen atoms in total. The highest BCUT2D eigenvalue weighted by Gasteiger charge is 1.96. The van der Waals surface area contributed by atoms with Crippen LogP contribution in [0.5, 0.6) is 0 Å². The van der Waals surface area contributed by atoms with Gasteiger partial charge in [0.1, 0.15) is 0 Å². The van der Waals surface area contributed by atoms with E-state index in [9.17, 15) is 4.79 Å². The van der Waals surface area contributed by atoms with Gasteiger partial charge in [-0.25, -0.2) is 4.79 Å². The van der Waals surface area contributed by atoms with Gasteiger partial charge >= 0.3 is 6.09 Å². The molecular weight excluding hydrogens is 216 g/mol. The van der Waals surface area contributed by atoms with E-state index in [-0.39, 0.29) is 0 Å². The minimum absolute atomic E-state index is 0.548. The van der Waals surface area contributed by atoms with Crippen LogP contribution in [-0.2, 0) is 6.42 Å². The van der Waals surface area contributed by atoms with Gasteiger partial charge in [0.05, 0.1) is 0 Å². The Kier molecular flexibility index (Phi) is 5.93.